The van der Waals surface area contributed by atoms with E-state index >= 15 is 0 Å². The Labute approximate surface area is 292 Å². The third-order valence-electron chi connectivity index (χ3n) is 15.2. The van der Waals surface area contributed by atoms with Crippen molar-refractivity contribution in [3.8, 4) is 11.8 Å². The highest BCUT2D eigenvalue weighted by atomic mass is 16.5. The third-order valence-corrected chi connectivity index (χ3v) is 15.2. The van der Waals surface area contributed by atoms with Crippen LogP contribution in [-0.2, 0) is 19.0 Å². The lowest BCUT2D eigenvalue weighted by molar-refractivity contribution is -0.224. The minimum Gasteiger partial charge on any atom is -0.387 e. The number of hydrogen-bond donors (Lipinski definition) is 6. The van der Waals surface area contributed by atoms with E-state index in [4.69, 9.17) is 14.2 Å². The minimum absolute atomic E-state index is 0.0189. The Morgan fingerprint density at radius 3 is 2.59 bits per heavy atom. The normalized spacial score (nSPS) is 51.7. The number of rotatable bonds is 8. The Kier molecular flexibility index (Phi) is 9.49. The van der Waals surface area contributed by atoms with E-state index in [0.29, 0.717) is 45.3 Å². The fraction of sp³-hybridized carbons (Fsp3) is 0.872. The maximum atomic E-state index is 14.1. The average Bonchev–Trinajstić information content (AvgIpc) is 3.55. The van der Waals surface area contributed by atoms with Crippen molar-refractivity contribution >= 4 is 5.78 Å². The van der Waals surface area contributed by atoms with Crippen molar-refractivity contribution in [1.82, 2.24) is 10.6 Å². The Hall–Kier alpha value is -1.39. The van der Waals surface area contributed by atoms with Gasteiger partial charge in [-0.3, -0.25) is 10.1 Å². The first kappa shape index (κ1) is 36.0. The SMILES string of the molecule is CNCC[C@@H]1[C@H]2C[C@@H]3CC#C[C@@]4(CC[C@@]5(O)C6=CC(=O)[C@@H]7C[C@@H](OCCCOC)CC[C@]7(C)[C@H]6CC[C@]45C)[C@](C)(O)[C@H](O)[C@H]1O[C@H]2[C@H](O)N3. The fourth-order valence-corrected chi connectivity index (χ4v) is 12.3. The summed E-state index contributed by atoms with van der Waals surface area (Å²) in [6.45, 7) is 7.97. The molecular weight excluding hydrogens is 624 g/mol. The van der Waals surface area contributed by atoms with Crippen molar-refractivity contribution in [3.63, 3.8) is 0 Å². The maximum Gasteiger partial charge on any atom is 0.159 e. The number of piperidine rings is 1. The van der Waals surface area contributed by atoms with Crippen LogP contribution in [0.15, 0.2) is 11.6 Å². The van der Waals surface area contributed by atoms with Gasteiger partial charge in [-0.05, 0) is 120 Å². The lowest BCUT2D eigenvalue weighted by Crippen LogP contribution is -2.68. The van der Waals surface area contributed by atoms with Gasteiger partial charge in [0.25, 0.3) is 0 Å². The lowest BCUT2D eigenvalue weighted by atomic mass is 9.43. The molecule has 0 radical (unpaired) electrons. The van der Waals surface area contributed by atoms with Gasteiger partial charge in [-0.25, -0.2) is 0 Å². The summed E-state index contributed by atoms with van der Waals surface area (Å²) in [6, 6.07) is -0.0566. The van der Waals surface area contributed by atoms with Crippen molar-refractivity contribution in [2.75, 3.05) is 33.9 Å². The molecule has 3 saturated carbocycles. The molecule has 10 nitrogen and oxygen atoms in total. The molecule has 0 unspecified atom stereocenters. The number of ether oxygens (including phenoxy) is 3. The molecule has 2 heterocycles. The van der Waals surface area contributed by atoms with Crippen LogP contribution in [0.2, 0.25) is 0 Å². The van der Waals surface area contributed by atoms with Gasteiger partial charge in [0, 0.05) is 44.1 Å². The molecule has 7 rings (SSSR count). The van der Waals surface area contributed by atoms with E-state index in [-0.39, 0.29) is 47.0 Å². The number of allylic oxidation sites excluding steroid dienone is 1. The largest absolute Gasteiger partial charge is 0.387 e. The topological polar surface area (TPSA) is 150 Å². The van der Waals surface area contributed by atoms with Crippen LogP contribution in [0.4, 0.5) is 0 Å². The molecule has 2 saturated heterocycles. The van der Waals surface area contributed by atoms with Crippen molar-refractivity contribution in [3.05, 3.63) is 11.6 Å². The van der Waals surface area contributed by atoms with Gasteiger partial charge in [0.2, 0.25) is 0 Å². The van der Waals surface area contributed by atoms with Crippen LogP contribution < -0.4 is 10.6 Å². The van der Waals surface area contributed by atoms with Gasteiger partial charge < -0.3 is 40.0 Å². The third kappa shape index (κ3) is 5.20. The second-order valence-corrected chi connectivity index (χ2v) is 17.3. The first-order chi connectivity index (χ1) is 23.3. The van der Waals surface area contributed by atoms with E-state index in [1.165, 1.54) is 0 Å². The summed E-state index contributed by atoms with van der Waals surface area (Å²) in [5, 5.41) is 56.0. The summed E-state index contributed by atoms with van der Waals surface area (Å²) < 4.78 is 17.9. The summed E-state index contributed by atoms with van der Waals surface area (Å²) in [4.78, 5) is 14.1. The predicted molar refractivity (Wildman–Crippen MR) is 183 cm³/mol. The van der Waals surface area contributed by atoms with Gasteiger partial charge in [0.1, 0.15) is 24.0 Å². The van der Waals surface area contributed by atoms with Gasteiger partial charge in [0.05, 0.1) is 23.2 Å². The van der Waals surface area contributed by atoms with Crippen molar-refractivity contribution in [1.29, 1.82) is 0 Å². The molecule has 2 aliphatic heterocycles. The summed E-state index contributed by atoms with van der Waals surface area (Å²) in [5.41, 5.74) is -4.73. The highest BCUT2D eigenvalue weighted by molar-refractivity contribution is 5.95. The van der Waals surface area contributed by atoms with Crippen LogP contribution >= 0.6 is 0 Å². The van der Waals surface area contributed by atoms with Crippen LogP contribution in [0.5, 0.6) is 0 Å². The highest BCUT2D eigenvalue weighted by Crippen LogP contribution is 2.73. The number of aliphatic hydroxyl groups is 4. The number of carbonyl (C=O) groups is 1. The van der Waals surface area contributed by atoms with E-state index in [0.717, 1.165) is 50.6 Å². The van der Waals surface area contributed by atoms with Crippen LogP contribution in [0.25, 0.3) is 0 Å². The van der Waals surface area contributed by atoms with Crippen LogP contribution in [0.3, 0.4) is 0 Å². The Bertz CT molecular complexity index is 1380. The lowest BCUT2D eigenvalue weighted by Gasteiger charge is -2.62. The molecule has 5 aliphatic carbocycles. The van der Waals surface area contributed by atoms with Gasteiger partial charge in [-0.1, -0.05) is 19.8 Å². The minimum atomic E-state index is -1.75. The molecule has 1 spiro atoms. The van der Waals surface area contributed by atoms with E-state index < -0.39 is 46.6 Å². The Morgan fingerprint density at radius 1 is 1.04 bits per heavy atom. The van der Waals surface area contributed by atoms with Gasteiger partial charge in [0.15, 0.2) is 5.78 Å². The highest BCUT2D eigenvalue weighted by Gasteiger charge is 2.76. The second-order valence-electron chi connectivity index (χ2n) is 17.3. The predicted octanol–water partition coefficient (Wildman–Crippen LogP) is 2.46. The zero-order chi connectivity index (χ0) is 35.0. The number of fused-ring (bicyclic) bond motifs is 8. The van der Waals surface area contributed by atoms with Gasteiger partial charge >= 0.3 is 0 Å². The standard InChI is InChI=1S/C39H60N2O8/c1-35-13-9-24(48-19-7-18-47-5)21-29(35)30(42)22-28-27(35)10-14-36(2)38(15-16-39(28,36)46)12-6-8-23-20-26-25(11-17-40-4)31(33(43)37(38,3)45)49-32(26)34(44)41-23/h22-27,29,31-34,40-41,43-46H,7-11,13-21H2,1-5H3/t23-,24-,25+,26+,27-,29-,31-,32+,33+,34-,35+,36+,37+,38-,39+/m0/s1. The molecule has 6 N–H and O–H groups in total. The number of methoxy groups -OCH3 is 1. The molecule has 15 atom stereocenters. The van der Waals surface area contributed by atoms with Gasteiger partial charge in [-0.15, -0.1) is 5.92 Å². The average molecular weight is 685 g/mol. The van der Waals surface area contributed by atoms with Crippen LogP contribution in [0.1, 0.15) is 91.4 Å². The zero-order valence-electron chi connectivity index (χ0n) is 30.2. The summed E-state index contributed by atoms with van der Waals surface area (Å²) in [6.07, 6.45) is 5.76. The molecule has 0 aromatic carbocycles. The van der Waals surface area contributed by atoms with Crippen molar-refractivity contribution < 1.29 is 39.4 Å². The molecule has 0 aromatic heterocycles. The van der Waals surface area contributed by atoms with E-state index in [9.17, 15) is 25.2 Å². The molecule has 3 bridgehead atoms. The second kappa shape index (κ2) is 12.9. The zero-order valence-corrected chi connectivity index (χ0v) is 30.2. The summed E-state index contributed by atoms with van der Waals surface area (Å²) >= 11 is 0. The molecule has 10 heteroatoms. The van der Waals surface area contributed by atoms with E-state index in [2.05, 4.69) is 29.4 Å². The number of nitrogens with one attached hydrogen (secondary N) is 2. The van der Waals surface area contributed by atoms with Crippen molar-refractivity contribution in [2.45, 2.75) is 139 Å². The summed E-state index contributed by atoms with van der Waals surface area (Å²) in [7, 11) is 3.59. The number of carbonyl (C=O) groups excluding carboxylic acids is 1. The smallest absolute Gasteiger partial charge is 0.159 e. The molecular formula is C39H60N2O8. The van der Waals surface area contributed by atoms with E-state index in [1.54, 1.807) is 20.1 Å². The molecule has 7 aliphatic rings. The Morgan fingerprint density at radius 2 is 1.84 bits per heavy atom. The number of ketones is 1. The first-order valence-corrected chi connectivity index (χ1v) is 19.0. The molecule has 49 heavy (non-hydrogen) atoms. The molecule has 0 aromatic rings. The van der Waals surface area contributed by atoms with Gasteiger partial charge in [-0.2, -0.15) is 0 Å². The molecule has 274 valence electrons. The Balaban J connectivity index is 1.24. The molecule has 5 fully saturated rings. The monoisotopic (exact) mass is 684 g/mol. The maximum absolute atomic E-state index is 14.1. The van der Waals surface area contributed by atoms with Crippen LogP contribution in [-0.4, -0.2) is 108 Å². The number of aliphatic hydroxyl groups excluding tert-OH is 2. The van der Waals surface area contributed by atoms with Crippen LogP contribution in [0, 0.1) is 51.8 Å². The quantitative estimate of drug-likeness (QED) is 0.166. The fourth-order valence-electron chi connectivity index (χ4n) is 12.3. The molecule has 0 amide bonds. The first-order valence-electron chi connectivity index (χ1n) is 19.0. The van der Waals surface area contributed by atoms with Crippen molar-refractivity contribution in [2.24, 2.45) is 39.9 Å². The summed E-state index contributed by atoms with van der Waals surface area (Å²) in [5.74, 6) is 6.86. The number of hydrogen-bond acceptors (Lipinski definition) is 10. The van der Waals surface area contributed by atoms with E-state index in [1.807, 2.05) is 14.0 Å².